The molecule has 1 aliphatic rings. The van der Waals surface area contributed by atoms with E-state index in [2.05, 4.69) is 36.4 Å². The van der Waals surface area contributed by atoms with Crippen molar-refractivity contribution in [2.24, 2.45) is 4.99 Å². The molecule has 2 N–H and O–H groups in total. The Bertz CT molecular complexity index is 864. The van der Waals surface area contributed by atoms with Crippen LogP contribution in [0.2, 0.25) is 0 Å². The van der Waals surface area contributed by atoms with Gasteiger partial charge in [0.25, 0.3) is 0 Å². The summed E-state index contributed by atoms with van der Waals surface area (Å²) in [5.74, 6) is 3.80. The highest BCUT2D eigenvalue weighted by Crippen LogP contribution is 2.32. The molecule has 170 valence electrons. The molecular weight excluding hydrogens is 392 g/mol. The van der Waals surface area contributed by atoms with E-state index < -0.39 is 0 Å². The van der Waals surface area contributed by atoms with Gasteiger partial charge in [0, 0.05) is 12.0 Å². The highest BCUT2D eigenvalue weighted by atomic mass is 16.5. The maximum absolute atomic E-state index is 6.20. The molecule has 1 aromatic carbocycles. The lowest BCUT2D eigenvalue weighted by Crippen LogP contribution is -2.36. The van der Waals surface area contributed by atoms with Gasteiger partial charge >= 0.3 is 0 Å². The molecule has 0 spiro atoms. The largest absolute Gasteiger partial charge is 0.493 e. The minimum Gasteiger partial charge on any atom is -0.493 e. The summed E-state index contributed by atoms with van der Waals surface area (Å²) in [6.45, 7) is 10.1. The number of hydrogen-bond acceptors (Lipinski definition) is 5. The first-order chi connectivity index (χ1) is 14.9. The number of benzene rings is 1. The molecule has 31 heavy (non-hydrogen) atoms. The van der Waals surface area contributed by atoms with E-state index in [4.69, 9.17) is 18.9 Å². The van der Waals surface area contributed by atoms with Crippen LogP contribution in [-0.4, -0.2) is 30.7 Å². The van der Waals surface area contributed by atoms with Gasteiger partial charge in [0.15, 0.2) is 17.5 Å². The lowest BCUT2D eigenvalue weighted by atomic mass is 9.94. The number of guanidine groups is 1. The van der Waals surface area contributed by atoms with Gasteiger partial charge in [-0.2, -0.15) is 0 Å². The quantitative estimate of drug-likeness (QED) is 0.474. The summed E-state index contributed by atoms with van der Waals surface area (Å²) in [5, 5.41) is 6.56. The predicted octanol–water partition coefficient (Wildman–Crippen LogP) is 4.56. The van der Waals surface area contributed by atoms with Gasteiger partial charge in [-0.1, -0.05) is 26.8 Å². The van der Waals surface area contributed by atoms with Crippen molar-refractivity contribution in [3.8, 4) is 11.5 Å². The highest BCUT2D eigenvalue weighted by Gasteiger charge is 2.20. The maximum atomic E-state index is 6.20. The van der Waals surface area contributed by atoms with Crippen LogP contribution < -0.4 is 20.1 Å². The van der Waals surface area contributed by atoms with Crippen LogP contribution in [-0.2, 0) is 18.5 Å². The third-order valence-electron chi connectivity index (χ3n) is 5.29. The molecule has 0 saturated heterocycles. The molecule has 0 unspecified atom stereocenters. The number of nitrogens with zero attached hydrogens (tertiary/aromatic N) is 2. The third-order valence-corrected chi connectivity index (χ3v) is 5.29. The van der Waals surface area contributed by atoms with E-state index in [1.54, 1.807) is 13.3 Å². The van der Waals surface area contributed by atoms with Crippen LogP contribution in [0.15, 0.2) is 33.8 Å². The Hall–Kier alpha value is -2.70. The minimum atomic E-state index is -0.0590. The van der Waals surface area contributed by atoms with Crippen molar-refractivity contribution >= 4 is 5.96 Å². The summed E-state index contributed by atoms with van der Waals surface area (Å²) in [5.41, 5.74) is 1.01. The van der Waals surface area contributed by atoms with E-state index in [9.17, 15) is 0 Å². The summed E-state index contributed by atoms with van der Waals surface area (Å²) >= 11 is 0. The average Bonchev–Trinajstić information content (AvgIpc) is 3.42. The number of ether oxygens (including phenoxy) is 2. The monoisotopic (exact) mass is 428 g/mol. The molecule has 7 nitrogen and oxygen atoms in total. The number of hydrogen-bond donors (Lipinski definition) is 2. The van der Waals surface area contributed by atoms with E-state index in [0.717, 1.165) is 42.2 Å². The first-order valence-electron chi connectivity index (χ1n) is 11.2. The predicted molar refractivity (Wildman–Crippen MR) is 123 cm³/mol. The highest BCUT2D eigenvalue weighted by molar-refractivity contribution is 5.79. The number of nitrogens with one attached hydrogen (secondary N) is 2. The van der Waals surface area contributed by atoms with E-state index in [1.807, 2.05) is 25.1 Å². The summed E-state index contributed by atoms with van der Waals surface area (Å²) < 4.78 is 17.5. The molecule has 3 rings (SSSR count). The Kier molecular flexibility index (Phi) is 7.82. The molecule has 0 aliphatic heterocycles. The zero-order valence-corrected chi connectivity index (χ0v) is 19.5. The number of oxazole rings is 1. The van der Waals surface area contributed by atoms with Crippen molar-refractivity contribution in [1.82, 2.24) is 15.6 Å². The molecule has 0 radical (unpaired) electrons. The average molecular weight is 429 g/mol. The van der Waals surface area contributed by atoms with Crippen LogP contribution >= 0.6 is 0 Å². The van der Waals surface area contributed by atoms with Gasteiger partial charge in [0.2, 0.25) is 5.89 Å². The minimum absolute atomic E-state index is 0.0590. The van der Waals surface area contributed by atoms with Gasteiger partial charge in [-0.05, 0) is 50.3 Å². The van der Waals surface area contributed by atoms with Gasteiger partial charge in [0.05, 0.1) is 32.5 Å². The standard InChI is InChI=1S/C24H36N4O3/c1-6-25-23(28-16-22-26-15-21(31-22)24(2,3)4)27-14-17-11-12-19(29-5)20(13-17)30-18-9-7-8-10-18/h11-13,15,18H,6-10,14,16H2,1-5H3,(H2,25,27,28). The van der Waals surface area contributed by atoms with Crippen molar-refractivity contribution in [2.45, 2.75) is 78.0 Å². The number of aromatic nitrogens is 1. The number of methoxy groups -OCH3 is 1. The molecule has 1 aliphatic carbocycles. The molecule has 0 amide bonds. The fraction of sp³-hybridized carbons (Fsp3) is 0.583. The van der Waals surface area contributed by atoms with Crippen LogP contribution in [0.3, 0.4) is 0 Å². The Morgan fingerprint density at radius 1 is 1.19 bits per heavy atom. The van der Waals surface area contributed by atoms with Gasteiger partial charge < -0.3 is 24.5 Å². The number of rotatable bonds is 8. The normalized spacial score (nSPS) is 15.2. The lowest BCUT2D eigenvalue weighted by molar-refractivity contribution is 0.200. The van der Waals surface area contributed by atoms with Crippen molar-refractivity contribution < 1.29 is 13.9 Å². The second-order valence-electron chi connectivity index (χ2n) is 8.93. The zero-order valence-electron chi connectivity index (χ0n) is 19.5. The molecule has 1 fully saturated rings. The van der Waals surface area contributed by atoms with Crippen LogP contribution in [0.4, 0.5) is 0 Å². The molecule has 1 saturated carbocycles. The summed E-state index contributed by atoms with van der Waals surface area (Å²) in [7, 11) is 1.68. The van der Waals surface area contributed by atoms with Crippen molar-refractivity contribution in [2.75, 3.05) is 13.7 Å². The van der Waals surface area contributed by atoms with E-state index >= 15 is 0 Å². The first-order valence-corrected chi connectivity index (χ1v) is 11.2. The SMILES string of the molecule is CCNC(=NCc1ccc(OC)c(OC2CCCC2)c1)NCc1ncc(C(C)(C)C)o1. The van der Waals surface area contributed by atoms with Gasteiger partial charge in [0.1, 0.15) is 5.76 Å². The Morgan fingerprint density at radius 2 is 1.97 bits per heavy atom. The third kappa shape index (κ3) is 6.64. The van der Waals surface area contributed by atoms with Gasteiger partial charge in [-0.15, -0.1) is 0 Å². The van der Waals surface area contributed by atoms with Crippen molar-refractivity contribution in [3.63, 3.8) is 0 Å². The van der Waals surface area contributed by atoms with E-state index in [-0.39, 0.29) is 11.5 Å². The fourth-order valence-corrected chi connectivity index (χ4v) is 3.51. The molecule has 0 bridgehead atoms. The van der Waals surface area contributed by atoms with Gasteiger partial charge in [-0.3, -0.25) is 0 Å². The van der Waals surface area contributed by atoms with Crippen LogP contribution in [0.5, 0.6) is 11.5 Å². The maximum Gasteiger partial charge on any atom is 0.213 e. The van der Waals surface area contributed by atoms with Gasteiger partial charge in [-0.25, -0.2) is 9.98 Å². The Labute approximate surface area is 185 Å². The smallest absolute Gasteiger partial charge is 0.213 e. The van der Waals surface area contributed by atoms with Crippen molar-refractivity contribution in [3.05, 3.63) is 41.6 Å². The van der Waals surface area contributed by atoms with Crippen LogP contribution in [0.25, 0.3) is 0 Å². The molecule has 7 heteroatoms. The molecule has 0 atom stereocenters. The second kappa shape index (κ2) is 10.6. The number of aliphatic imine (C=N–C) groups is 1. The fourth-order valence-electron chi connectivity index (χ4n) is 3.51. The van der Waals surface area contributed by atoms with E-state index in [1.165, 1.54) is 12.8 Å². The first kappa shape index (κ1) is 23.0. The van der Waals surface area contributed by atoms with Crippen molar-refractivity contribution in [1.29, 1.82) is 0 Å². The summed E-state index contributed by atoms with van der Waals surface area (Å²) in [4.78, 5) is 9.08. The second-order valence-corrected chi connectivity index (χ2v) is 8.93. The molecule has 1 heterocycles. The van der Waals surface area contributed by atoms with Crippen LogP contribution in [0, 0.1) is 0 Å². The molecule has 2 aromatic rings. The summed E-state index contributed by atoms with van der Waals surface area (Å²) in [6.07, 6.45) is 6.76. The molecular formula is C24H36N4O3. The van der Waals surface area contributed by atoms with E-state index in [0.29, 0.717) is 24.9 Å². The molecule has 1 aromatic heterocycles. The lowest BCUT2D eigenvalue weighted by Gasteiger charge is -2.17. The topological polar surface area (TPSA) is 80.9 Å². The Balaban J connectivity index is 1.64. The van der Waals surface area contributed by atoms with Crippen LogP contribution in [0.1, 0.15) is 70.6 Å². The zero-order chi connectivity index (χ0) is 22.3. The Morgan fingerprint density at radius 3 is 2.61 bits per heavy atom. The summed E-state index contributed by atoms with van der Waals surface area (Å²) in [6, 6.07) is 6.02.